The molecule has 0 heterocycles. The van der Waals surface area contributed by atoms with Crippen LogP contribution in [0.2, 0.25) is 0 Å². The largest absolute Gasteiger partial charge is 0.519 e. The van der Waals surface area contributed by atoms with E-state index in [-0.39, 0.29) is 24.7 Å². The zero-order valence-corrected chi connectivity index (χ0v) is 10.7. The maximum atomic E-state index is 11.7. The molecule has 0 atom stereocenters. The van der Waals surface area contributed by atoms with Crippen LogP contribution in [0.15, 0.2) is 48.5 Å². The molecule has 0 spiro atoms. The molecule has 0 aromatic heterocycles. The Hall–Kier alpha value is -2.37. The Morgan fingerprint density at radius 3 is 1.60 bits per heavy atom. The second kappa shape index (κ2) is 6.70. The summed E-state index contributed by atoms with van der Waals surface area (Å²) in [5.41, 5.74) is 0.972. The molecular weight excluding hydrogens is 260 g/mol. The Balaban J connectivity index is 2.09. The fourth-order valence-corrected chi connectivity index (χ4v) is 1.67. The van der Waals surface area contributed by atoms with Crippen molar-refractivity contribution in [2.75, 3.05) is 0 Å². The van der Waals surface area contributed by atoms with Gasteiger partial charge in [-0.2, -0.15) is 0 Å². The van der Waals surface area contributed by atoms with Crippen LogP contribution in [0, 0.1) is 0 Å². The summed E-state index contributed by atoms with van der Waals surface area (Å²) < 4.78 is 10.1. The molecule has 2 aromatic carbocycles. The van der Waals surface area contributed by atoms with Crippen LogP contribution in [-0.4, -0.2) is 16.4 Å². The van der Waals surface area contributed by atoms with E-state index in [1.807, 2.05) is 0 Å². The summed E-state index contributed by atoms with van der Waals surface area (Å²) in [4.78, 5) is 11.7. The molecule has 0 radical (unpaired) electrons. The molecule has 0 aliphatic rings. The normalized spacial score (nSPS) is 10.1. The standard InChI is InChI=1S/C15H14O5/c16-9-11-5-1-3-7-13(11)19-15(18)20-14-8-4-2-6-12(14)10-17/h1-8,16-17H,9-10H2. The maximum absolute atomic E-state index is 11.7. The molecule has 0 unspecified atom stereocenters. The first-order chi connectivity index (χ1) is 9.74. The second-order valence-corrected chi connectivity index (χ2v) is 3.99. The first-order valence-electron chi connectivity index (χ1n) is 6.01. The lowest BCUT2D eigenvalue weighted by Gasteiger charge is -2.10. The fourth-order valence-electron chi connectivity index (χ4n) is 1.67. The van der Waals surface area contributed by atoms with E-state index in [1.165, 1.54) is 0 Å². The molecule has 2 N–H and O–H groups in total. The number of hydrogen-bond donors (Lipinski definition) is 2. The Labute approximate surface area is 116 Å². The Bertz CT molecular complexity index is 543. The highest BCUT2D eigenvalue weighted by molar-refractivity contribution is 5.68. The first kappa shape index (κ1) is 14.0. The lowest BCUT2D eigenvalue weighted by molar-refractivity contribution is 0.149. The monoisotopic (exact) mass is 274 g/mol. The van der Waals surface area contributed by atoms with Crippen molar-refractivity contribution in [1.29, 1.82) is 0 Å². The van der Waals surface area contributed by atoms with Crippen molar-refractivity contribution < 1.29 is 24.5 Å². The van der Waals surface area contributed by atoms with Crippen LogP contribution >= 0.6 is 0 Å². The average Bonchev–Trinajstić information content (AvgIpc) is 2.48. The third-order valence-corrected chi connectivity index (χ3v) is 2.67. The van der Waals surface area contributed by atoms with Gasteiger partial charge in [-0.05, 0) is 12.1 Å². The van der Waals surface area contributed by atoms with Gasteiger partial charge in [0.1, 0.15) is 11.5 Å². The van der Waals surface area contributed by atoms with Crippen molar-refractivity contribution in [2.45, 2.75) is 13.2 Å². The van der Waals surface area contributed by atoms with Gasteiger partial charge in [0.25, 0.3) is 0 Å². The van der Waals surface area contributed by atoms with Gasteiger partial charge in [0, 0.05) is 11.1 Å². The van der Waals surface area contributed by atoms with Gasteiger partial charge in [0.15, 0.2) is 0 Å². The summed E-state index contributed by atoms with van der Waals surface area (Å²) in [5.74, 6) is 0.475. The predicted molar refractivity (Wildman–Crippen MR) is 71.4 cm³/mol. The van der Waals surface area contributed by atoms with E-state index >= 15 is 0 Å². The summed E-state index contributed by atoms with van der Waals surface area (Å²) in [6, 6.07) is 13.2. The van der Waals surface area contributed by atoms with Crippen molar-refractivity contribution >= 4 is 6.16 Å². The molecule has 2 aromatic rings. The molecule has 0 bridgehead atoms. The summed E-state index contributed by atoms with van der Waals surface area (Å²) in [6.07, 6.45) is -0.924. The molecule has 5 heteroatoms. The number of hydrogen-bond acceptors (Lipinski definition) is 5. The average molecular weight is 274 g/mol. The fraction of sp³-hybridized carbons (Fsp3) is 0.133. The minimum atomic E-state index is -0.924. The number of aliphatic hydroxyl groups is 2. The van der Waals surface area contributed by atoms with E-state index in [4.69, 9.17) is 19.7 Å². The van der Waals surface area contributed by atoms with Crippen molar-refractivity contribution in [3.63, 3.8) is 0 Å². The van der Waals surface area contributed by atoms with Crippen LogP contribution in [-0.2, 0) is 13.2 Å². The molecule has 20 heavy (non-hydrogen) atoms. The molecule has 2 rings (SSSR count). The Morgan fingerprint density at radius 2 is 1.20 bits per heavy atom. The highest BCUT2D eigenvalue weighted by Gasteiger charge is 2.12. The van der Waals surface area contributed by atoms with Crippen LogP contribution in [0.5, 0.6) is 11.5 Å². The van der Waals surface area contributed by atoms with E-state index in [2.05, 4.69) is 0 Å². The van der Waals surface area contributed by atoms with E-state index in [0.717, 1.165) is 0 Å². The van der Waals surface area contributed by atoms with Gasteiger partial charge < -0.3 is 19.7 Å². The number of carbonyl (C=O) groups is 1. The second-order valence-electron chi connectivity index (χ2n) is 3.99. The molecule has 0 fully saturated rings. The van der Waals surface area contributed by atoms with E-state index in [0.29, 0.717) is 11.1 Å². The predicted octanol–water partition coefficient (Wildman–Crippen LogP) is 2.25. The van der Waals surface area contributed by atoms with Gasteiger partial charge in [0.2, 0.25) is 0 Å². The molecule has 0 aliphatic heterocycles. The summed E-state index contributed by atoms with van der Waals surface area (Å²) >= 11 is 0. The van der Waals surface area contributed by atoms with Crippen LogP contribution in [0.1, 0.15) is 11.1 Å². The summed E-state index contributed by atoms with van der Waals surface area (Å²) in [5, 5.41) is 18.3. The maximum Gasteiger partial charge on any atom is 0.519 e. The molecule has 0 saturated carbocycles. The van der Waals surface area contributed by atoms with Crippen LogP contribution in [0.3, 0.4) is 0 Å². The molecule has 0 amide bonds. The molecule has 5 nitrogen and oxygen atoms in total. The quantitative estimate of drug-likeness (QED) is 0.660. The zero-order chi connectivity index (χ0) is 14.4. The van der Waals surface area contributed by atoms with Crippen LogP contribution in [0.4, 0.5) is 4.79 Å². The number of carbonyl (C=O) groups excluding carboxylic acids is 1. The lowest BCUT2D eigenvalue weighted by atomic mass is 10.2. The highest BCUT2D eigenvalue weighted by Crippen LogP contribution is 2.21. The third-order valence-electron chi connectivity index (χ3n) is 2.67. The SMILES string of the molecule is O=C(Oc1ccccc1CO)Oc1ccccc1CO. The Kier molecular flexibility index (Phi) is 4.70. The van der Waals surface area contributed by atoms with E-state index in [1.54, 1.807) is 48.5 Å². The van der Waals surface area contributed by atoms with Gasteiger partial charge >= 0.3 is 6.16 Å². The summed E-state index contributed by atoms with van der Waals surface area (Å²) in [6.45, 7) is -0.479. The van der Waals surface area contributed by atoms with Crippen molar-refractivity contribution in [2.24, 2.45) is 0 Å². The molecule has 0 aliphatic carbocycles. The highest BCUT2D eigenvalue weighted by atomic mass is 16.7. The number of aliphatic hydroxyl groups excluding tert-OH is 2. The topological polar surface area (TPSA) is 76.0 Å². The van der Waals surface area contributed by atoms with Gasteiger partial charge in [-0.15, -0.1) is 0 Å². The van der Waals surface area contributed by atoms with Crippen molar-refractivity contribution in [3.8, 4) is 11.5 Å². The van der Waals surface area contributed by atoms with E-state index < -0.39 is 6.16 Å². The molecule has 104 valence electrons. The van der Waals surface area contributed by atoms with Gasteiger partial charge in [-0.1, -0.05) is 36.4 Å². The summed E-state index contributed by atoms with van der Waals surface area (Å²) in [7, 11) is 0. The van der Waals surface area contributed by atoms with Gasteiger partial charge in [-0.25, -0.2) is 4.79 Å². The van der Waals surface area contributed by atoms with Gasteiger partial charge in [-0.3, -0.25) is 0 Å². The number of para-hydroxylation sites is 2. The van der Waals surface area contributed by atoms with Crippen molar-refractivity contribution in [3.05, 3.63) is 59.7 Å². The number of ether oxygens (including phenoxy) is 2. The van der Waals surface area contributed by atoms with Crippen LogP contribution < -0.4 is 9.47 Å². The van der Waals surface area contributed by atoms with Crippen molar-refractivity contribution in [1.82, 2.24) is 0 Å². The van der Waals surface area contributed by atoms with Gasteiger partial charge in [0.05, 0.1) is 13.2 Å². The lowest BCUT2D eigenvalue weighted by Crippen LogP contribution is -2.15. The zero-order valence-electron chi connectivity index (χ0n) is 10.7. The van der Waals surface area contributed by atoms with E-state index in [9.17, 15) is 4.79 Å². The first-order valence-corrected chi connectivity index (χ1v) is 6.01. The minimum absolute atomic E-state index is 0.237. The van der Waals surface area contributed by atoms with Crippen LogP contribution in [0.25, 0.3) is 0 Å². The number of benzene rings is 2. The Morgan fingerprint density at radius 1 is 0.800 bits per heavy atom. The number of rotatable bonds is 4. The molecule has 0 saturated heterocycles. The smallest absolute Gasteiger partial charge is 0.394 e. The minimum Gasteiger partial charge on any atom is -0.394 e. The molecular formula is C15H14O5. The third kappa shape index (κ3) is 3.34.